The van der Waals surface area contributed by atoms with Gasteiger partial charge in [0.15, 0.2) is 11.5 Å². The van der Waals surface area contributed by atoms with Crippen LogP contribution < -0.4 is 15.2 Å². The van der Waals surface area contributed by atoms with Crippen LogP contribution >= 0.6 is 12.2 Å². The van der Waals surface area contributed by atoms with E-state index >= 15 is 0 Å². The van der Waals surface area contributed by atoms with Gasteiger partial charge in [0.05, 0.1) is 17.8 Å². The monoisotopic (exact) mass is 623 g/mol. The third kappa shape index (κ3) is 5.66. The van der Waals surface area contributed by atoms with Gasteiger partial charge in [-0.25, -0.2) is 14.6 Å². The Morgan fingerprint density at radius 3 is 2.61 bits per heavy atom. The van der Waals surface area contributed by atoms with E-state index in [9.17, 15) is 13.2 Å². The zero-order valence-electron chi connectivity index (χ0n) is 23.5. The summed E-state index contributed by atoms with van der Waals surface area (Å²) in [7, 11) is -2.40. The van der Waals surface area contributed by atoms with E-state index in [0.29, 0.717) is 10.3 Å². The number of pyridine rings is 1. The summed E-state index contributed by atoms with van der Waals surface area (Å²) in [5, 5.41) is 18.1. The summed E-state index contributed by atoms with van der Waals surface area (Å²) in [6.45, 7) is 1.81. The molecule has 1 atom stereocenters. The van der Waals surface area contributed by atoms with Gasteiger partial charge in [-0.3, -0.25) is 14.2 Å². The Morgan fingerprint density at radius 2 is 1.89 bits per heavy atom. The molecule has 44 heavy (non-hydrogen) atoms. The molecule has 0 fully saturated rings. The molecule has 0 aliphatic heterocycles. The molecule has 0 aliphatic rings. The molecular weight excluding hydrogens is 599 g/mol. The van der Waals surface area contributed by atoms with Gasteiger partial charge in [0.1, 0.15) is 10.2 Å². The van der Waals surface area contributed by atoms with Crippen LogP contribution in [0.1, 0.15) is 40.1 Å². The van der Waals surface area contributed by atoms with Crippen LogP contribution in [0.4, 0.5) is 5.82 Å². The molecular formula is C30H25N9O3S2. The van der Waals surface area contributed by atoms with Gasteiger partial charge in [-0.1, -0.05) is 54.4 Å². The van der Waals surface area contributed by atoms with Gasteiger partial charge in [-0.2, -0.15) is 13.5 Å². The van der Waals surface area contributed by atoms with Crippen LogP contribution in [0.25, 0.3) is 22.1 Å². The van der Waals surface area contributed by atoms with E-state index in [1.54, 1.807) is 23.1 Å². The van der Waals surface area contributed by atoms with E-state index in [2.05, 4.69) is 37.1 Å². The van der Waals surface area contributed by atoms with Gasteiger partial charge in [-0.05, 0) is 42.6 Å². The highest BCUT2D eigenvalue weighted by atomic mass is 32.2. The molecule has 6 rings (SSSR count). The largest absolute Gasteiger partial charge is 0.344 e. The first-order valence-corrected chi connectivity index (χ1v) is 15.2. The van der Waals surface area contributed by atoms with Crippen molar-refractivity contribution < 1.29 is 13.2 Å². The van der Waals surface area contributed by atoms with Crippen LogP contribution in [0, 0.1) is 16.5 Å². The molecule has 4 aromatic heterocycles. The number of nitrogens with zero attached hydrogens (tertiary/aromatic N) is 6. The van der Waals surface area contributed by atoms with Crippen LogP contribution in [0.15, 0.2) is 85.5 Å². The zero-order chi connectivity index (χ0) is 31.0. The minimum atomic E-state index is -4.23. The lowest BCUT2D eigenvalue weighted by Crippen LogP contribution is -2.30. The highest BCUT2D eigenvalue weighted by Crippen LogP contribution is 2.29. The van der Waals surface area contributed by atoms with E-state index in [-0.39, 0.29) is 17.0 Å². The van der Waals surface area contributed by atoms with E-state index < -0.39 is 22.2 Å². The number of amides is 1. The first-order valence-electron chi connectivity index (χ1n) is 13.3. The van der Waals surface area contributed by atoms with E-state index in [1.165, 1.54) is 10.7 Å². The minimum absolute atomic E-state index is 0.0786. The van der Waals surface area contributed by atoms with Gasteiger partial charge in [-0.15, -0.1) is 5.10 Å². The summed E-state index contributed by atoms with van der Waals surface area (Å²) in [6.07, 6.45) is 6.55. The number of carbonyl (C=O) groups excluding carboxylic acids is 1. The number of aryl methyl sites for hydroxylation is 1. The van der Waals surface area contributed by atoms with Crippen molar-refractivity contribution in [3.8, 4) is 17.5 Å². The van der Waals surface area contributed by atoms with Crippen molar-refractivity contribution in [2.45, 2.75) is 13.0 Å². The Labute approximate surface area is 257 Å². The van der Waals surface area contributed by atoms with Crippen molar-refractivity contribution in [2.75, 3.05) is 4.72 Å². The Kier molecular flexibility index (Phi) is 7.43. The van der Waals surface area contributed by atoms with Crippen molar-refractivity contribution in [1.82, 2.24) is 34.3 Å². The highest BCUT2D eigenvalue weighted by Gasteiger charge is 2.26. The molecule has 0 bridgehead atoms. The predicted molar refractivity (Wildman–Crippen MR) is 169 cm³/mol. The molecule has 0 spiro atoms. The number of para-hydroxylation sites is 1. The Bertz CT molecular complexity index is 2300. The third-order valence-corrected chi connectivity index (χ3v) is 7.65. The molecule has 6 aromatic rings. The van der Waals surface area contributed by atoms with Crippen molar-refractivity contribution in [2.24, 2.45) is 12.2 Å². The SMILES string of the molecule is CC(NC(=O)c1c(NS(N)(=O)=O)nn2cccnc12)c1cc2cccc(C#Cc3cnn(C)c3)c2c(=S)n1-c1ccccc1. The number of benzene rings is 2. The summed E-state index contributed by atoms with van der Waals surface area (Å²) in [5.41, 5.74) is 3.08. The maximum absolute atomic E-state index is 13.7. The van der Waals surface area contributed by atoms with E-state index in [1.807, 2.05) is 79.3 Å². The average Bonchev–Trinajstić information content (AvgIpc) is 3.57. The lowest BCUT2D eigenvalue weighted by atomic mass is 10.0. The molecule has 0 radical (unpaired) electrons. The van der Waals surface area contributed by atoms with Crippen LogP contribution in [0.2, 0.25) is 0 Å². The molecule has 1 unspecified atom stereocenters. The van der Waals surface area contributed by atoms with Crippen molar-refractivity contribution in [1.29, 1.82) is 0 Å². The van der Waals surface area contributed by atoms with Gasteiger partial charge in [0, 0.05) is 48.0 Å². The summed E-state index contributed by atoms with van der Waals surface area (Å²) in [5.74, 6) is 5.54. The number of fused-ring (bicyclic) bond motifs is 2. The lowest BCUT2D eigenvalue weighted by Gasteiger charge is -2.22. The number of nitrogens with two attached hydrogens (primary N) is 1. The first kappa shape index (κ1) is 28.7. The minimum Gasteiger partial charge on any atom is -0.344 e. The molecule has 0 saturated heterocycles. The lowest BCUT2D eigenvalue weighted by molar-refractivity contribution is 0.0941. The fraction of sp³-hybridized carbons (Fsp3) is 0.100. The summed E-state index contributed by atoms with van der Waals surface area (Å²) >= 11 is 6.09. The zero-order valence-corrected chi connectivity index (χ0v) is 25.1. The van der Waals surface area contributed by atoms with Gasteiger partial charge < -0.3 is 9.88 Å². The maximum Gasteiger partial charge on any atom is 0.297 e. The Hall–Kier alpha value is -5.36. The average molecular weight is 624 g/mol. The quantitative estimate of drug-likeness (QED) is 0.189. The van der Waals surface area contributed by atoms with E-state index in [4.69, 9.17) is 17.4 Å². The smallest absolute Gasteiger partial charge is 0.297 e. The van der Waals surface area contributed by atoms with Crippen LogP contribution in [-0.4, -0.2) is 43.3 Å². The Morgan fingerprint density at radius 1 is 1.09 bits per heavy atom. The fourth-order valence-electron chi connectivity index (χ4n) is 4.92. The molecule has 2 aromatic carbocycles. The number of carbonyl (C=O) groups is 1. The third-order valence-electron chi connectivity index (χ3n) is 6.79. The normalized spacial score (nSPS) is 12.1. The van der Waals surface area contributed by atoms with Gasteiger partial charge in [0.2, 0.25) is 0 Å². The summed E-state index contributed by atoms with van der Waals surface area (Å²) in [4.78, 5) is 18.0. The number of hydrogen-bond donors (Lipinski definition) is 3. The second kappa shape index (κ2) is 11.4. The number of nitrogens with one attached hydrogen (secondary N) is 2. The highest BCUT2D eigenvalue weighted by molar-refractivity contribution is 7.90. The molecule has 0 saturated carbocycles. The van der Waals surface area contributed by atoms with Crippen LogP contribution in [-0.2, 0) is 17.3 Å². The standard InChI is InChI=1S/C30H25N9O3S2/c1-19(34-29(40)26-27(36-44(31,41)42)35-38-15-7-14-32-28(26)38)24-16-22-9-6-8-21(13-12-20-17-33-37(2)18-20)25(22)30(43)39(24)23-10-4-3-5-11-23/h3-11,14-19H,1-2H3,(H,34,40)(H,35,36)(H2,31,41,42). The molecule has 14 heteroatoms. The number of aromatic nitrogens is 6. The molecule has 0 aliphatic carbocycles. The molecule has 4 heterocycles. The predicted octanol–water partition coefficient (Wildman–Crippen LogP) is 3.64. The number of hydrogen-bond acceptors (Lipinski definition) is 7. The molecule has 220 valence electrons. The van der Waals surface area contributed by atoms with Crippen molar-refractivity contribution >= 4 is 50.6 Å². The van der Waals surface area contributed by atoms with Crippen LogP contribution in [0.5, 0.6) is 0 Å². The van der Waals surface area contributed by atoms with Crippen molar-refractivity contribution in [3.05, 3.63) is 112 Å². The van der Waals surface area contributed by atoms with Crippen molar-refractivity contribution in [3.63, 3.8) is 0 Å². The molecule has 4 N–H and O–H groups in total. The summed E-state index contributed by atoms with van der Waals surface area (Å²) < 4.78 is 31.2. The number of rotatable bonds is 6. The Balaban J connectivity index is 1.47. The maximum atomic E-state index is 13.7. The van der Waals surface area contributed by atoms with Gasteiger partial charge in [0.25, 0.3) is 16.1 Å². The second-order valence-electron chi connectivity index (χ2n) is 9.92. The van der Waals surface area contributed by atoms with Crippen LogP contribution in [0.3, 0.4) is 0 Å². The van der Waals surface area contributed by atoms with Gasteiger partial charge >= 0.3 is 0 Å². The molecule has 12 nitrogen and oxygen atoms in total. The first-order chi connectivity index (χ1) is 21.1. The second-order valence-corrected chi connectivity index (χ2v) is 11.6. The number of anilines is 1. The topological polar surface area (TPSA) is 154 Å². The molecule has 1 amide bonds. The summed E-state index contributed by atoms with van der Waals surface area (Å²) in [6, 6.07) is 18.3. The fourth-order valence-corrected chi connectivity index (χ4v) is 5.77. The van der Waals surface area contributed by atoms with E-state index in [0.717, 1.165) is 27.6 Å².